The first-order valence-electron chi connectivity index (χ1n) is 11.0. The van der Waals surface area contributed by atoms with Gasteiger partial charge < -0.3 is 10.3 Å². The number of imidazole rings is 1. The molecule has 5 aromatic heterocycles. The quantitative estimate of drug-likeness (QED) is 0.272. The fraction of sp³-hybridized carbons (Fsp3) is 0.0800. The van der Waals surface area contributed by atoms with Gasteiger partial charge in [0.2, 0.25) is 5.91 Å². The summed E-state index contributed by atoms with van der Waals surface area (Å²) in [5.41, 5.74) is 3.71. The van der Waals surface area contributed by atoms with Crippen LogP contribution in [-0.4, -0.2) is 36.0 Å². The Hall–Kier alpha value is -4.51. The molecule has 6 aromatic rings. The van der Waals surface area contributed by atoms with Gasteiger partial charge in [-0.15, -0.1) is 11.3 Å². The molecule has 0 radical (unpaired) electrons. The number of aromatic amines is 2. The number of aromatic nitrogens is 6. The number of hydrogen-bond donors (Lipinski definition) is 3. The Morgan fingerprint density at radius 3 is 2.78 bits per heavy atom. The number of pyridine rings is 2. The number of carbonyl (C=O) groups is 1. The molecule has 1 amide bonds. The van der Waals surface area contributed by atoms with Gasteiger partial charge >= 0.3 is 0 Å². The minimum atomic E-state index is -0.599. The van der Waals surface area contributed by atoms with Crippen molar-refractivity contribution in [2.45, 2.75) is 13.3 Å². The van der Waals surface area contributed by atoms with Crippen molar-refractivity contribution in [3.63, 3.8) is 0 Å². The first-order chi connectivity index (χ1) is 17.5. The third-order valence-electron chi connectivity index (χ3n) is 5.74. The molecule has 0 saturated carbocycles. The summed E-state index contributed by atoms with van der Waals surface area (Å²) in [5.74, 6) is -0.415. The van der Waals surface area contributed by atoms with Crippen molar-refractivity contribution in [1.82, 2.24) is 30.1 Å². The van der Waals surface area contributed by atoms with Crippen LogP contribution in [0.1, 0.15) is 13.3 Å². The minimum Gasteiger partial charge on any atom is -0.337 e. The van der Waals surface area contributed by atoms with Crippen LogP contribution in [0.15, 0.2) is 55.0 Å². The van der Waals surface area contributed by atoms with Crippen molar-refractivity contribution in [2.75, 3.05) is 5.32 Å². The standard InChI is InChI=1S/C25H17F2N7OS/c1-2-19(35)30-13-8-12(9-28-10-13)22-21(27)20-16(11-29-22)33-34-24(20)25-31-15-5-3-4-14(23(15)32-25)17-6-7-18(26)36-17/h3-11H,2H2,1H3,(H,30,35)(H,31,32)(H,33,34). The number of hydrogen-bond acceptors (Lipinski definition) is 6. The lowest BCUT2D eigenvalue weighted by molar-refractivity contribution is -0.115. The number of nitrogens with one attached hydrogen (secondary N) is 3. The van der Waals surface area contributed by atoms with Crippen molar-refractivity contribution in [1.29, 1.82) is 0 Å². The molecular formula is C25H17F2N7OS. The number of amides is 1. The molecular weight excluding hydrogens is 484 g/mol. The van der Waals surface area contributed by atoms with E-state index >= 15 is 4.39 Å². The number of thiophene rings is 1. The first kappa shape index (κ1) is 22.0. The topological polar surface area (TPSA) is 112 Å². The van der Waals surface area contributed by atoms with Crippen molar-refractivity contribution in [3.8, 4) is 33.2 Å². The van der Waals surface area contributed by atoms with Crippen LogP contribution in [0.5, 0.6) is 0 Å². The molecule has 0 bridgehead atoms. The molecule has 0 fully saturated rings. The number of fused-ring (bicyclic) bond motifs is 2. The zero-order valence-electron chi connectivity index (χ0n) is 18.8. The van der Waals surface area contributed by atoms with E-state index in [-0.39, 0.29) is 27.8 Å². The minimum absolute atomic E-state index is 0.0658. The third-order valence-corrected chi connectivity index (χ3v) is 6.64. The molecule has 1 aromatic carbocycles. The zero-order chi connectivity index (χ0) is 24.8. The van der Waals surface area contributed by atoms with E-state index in [1.54, 1.807) is 19.1 Å². The van der Waals surface area contributed by atoms with E-state index in [0.717, 1.165) is 21.8 Å². The maximum atomic E-state index is 15.9. The highest BCUT2D eigenvalue weighted by Gasteiger charge is 2.21. The van der Waals surface area contributed by atoms with Gasteiger partial charge in [-0.2, -0.15) is 9.49 Å². The van der Waals surface area contributed by atoms with Crippen LogP contribution in [0.2, 0.25) is 0 Å². The summed E-state index contributed by atoms with van der Waals surface area (Å²) in [5, 5.41) is 9.76. The van der Waals surface area contributed by atoms with Crippen LogP contribution in [0.25, 0.3) is 55.2 Å². The van der Waals surface area contributed by atoms with Gasteiger partial charge in [0.1, 0.15) is 11.4 Å². The normalized spacial score (nSPS) is 11.4. The Morgan fingerprint density at radius 1 is 1.08 bits per heavy atom. The number of benzene rings is 1. The Kier molecular flexibility index (Phi) is 5.26. The Balaban J connectivity index is 1.47. The number of para-hydroxylation sites is 1. The van der Waals surface area contributed by atoms with E-state index in [9.17, 15) is 9.18 Å². The number of carbonyl (C=O) groups excluding carboxylic acids is 1. The maximum absolute atomic E-state index is 15.9. The first-order valence-corrected chi connectivity index (χ1v) is 11.9. The second-order valence-corrected chi connectivity index (χ2v) is 9.07. The zero-order valence-corrected chi connectivity index (χ0v) is 19.6. The smallest absolute Gasteiger partial charge is 0.224 e. The van der Waals surface area contributed by atoms with Crippen LogP contribution in [0.3, 0.4) is 0 Å². The fourth-order valence-electron chi connectivity index (χ4n) is 4.04. The molecule has 0 unspecified atom stereocenters. The summed E-state index contributed by atoms with van der Waals surface area (Å²) in [6, 6.07) is 10.3. The number of halogens is 2. The van der Waals surface area contributed by atoms with Crippen LogP contribution >= 0.6 is 11.3 Å². The predicted octanol–water partition coefficient (Wildman–Crippen LogP) is 5.92. The highest BCUT2D eigenvalue weighted by atomic mass is 32.1. The van der Waals surface area contributed by atoms with E-state index < -0.39 is 5.82 Å². The molecule has 3 N–H and O–H groups in total. The molecule has 6 rings (SSSR count). The lowest BCUT2D eigenvalue weighted by Crippen LogP contribution is -2.09. The van der Waals surface area contributed by atoms with Gasteiger partial charge in [-0.3, -0.25) is 19.9 Å². The summed E-state index contributed by atoms with van der Waals surface area (Å²) in [6.07, 6.45) is 4.76. The third kappa shape index (κ3) is 3.69. The lowest BCUT2D eigenvalue weighted by atomic mass is 10.1. The second-order valence-electron chi connectivity index (χ2n) is 8.04. The van der Waals surface area contributed by atoms with Gasteiger partial charge in [0.15, 0.2) is 16.8 Å². The Morgan fingerprint density at radius 2 is 1.97 bits per heavy atom. The van der Waals surface area contributed by atoms with Crippen molar-refractivity contribution >= 4 is 44.9 Å². The van der Waals surface area contributed by atoms with Gasteiger partial charge in [0.25, 0.3) is 0 Å². The SMILES string of the molecule is CCC(=O)Nc1cncc(-c2ncc3[nH]nc(-c4nc5c(-c6ccc(F)s6)cccc5[nH]4)c3c2F)c1. The average molecular weight is 502 g/mol. The van der Waals surface area contributed by atoms with Crippen LogP contribution < -0.4 is 5.32 Å². The molecule has 0 aliphatic rings. The molecule has 0 aliphatic heterocycles. The summed E-state index contributed by atoms with van der Waals surface area (Å²) in [7, 11) is 0. The largest absolute Gasteiger partial charge is 0.337 e. The number of H-pyrrole nitrogens is 2. The fourth-order valence-corrected chi connectivity index (χ4v) is 4.79. The summed E-state index contributed by atoms with van der Waals surface area (Å²) in [6.45, 7) is 1.74. The molecule has 0 spiro atoms. The van der Waals surface area contributed by atoms with Crippen molar-refractivity contribution < 1.29 is 13.6 Å². The van der Waals surface area contributed by atoms with Crippen molar-refractivity contribution in [3.05, 3.63) is 65.9 Å². The van der Waals surface area contributed by atoms with E-state index in [0.29, 0.717) is 40.0 Å². The number of anilines is 1. The summed E-state index contributed by atoms with van der Waals surface area (Å²) < 4.78 is 29.5. The molecule has 0 atom stereocenters. The van der Waals surface area contributed by atoms with Gasteiger partial charge in [-0.05, 0) is 24.3 Å². The van der Waals surface area contributed by atoms with Gasteiger partial charge in [-0.25, -0.2) is 9.37 Å². The molecule has 178 valence electrons. The van der Waals surface area contributed by atoms with E-state index in [2.05, 4.69) is 35.5 Å². The van der Waals surface area contributed by atoms with Gasteiger partial charge in [0.05, 0.1) is 40.0 Å². The van der Waals surface area contributed by atoms with Crippen LogP contribution in [-0.2, 0) is 4.79 Å². The monoisotopic (exact) mass is 501 g/mol. The molecule has 5 heterocycles. The molecule has 0 aliphatic carbocycles. The average Bonchev–Trinajstić information content (AvgIpc) is 3.62. The van der Waals surface area contributed by atoms with Gasteiger partial charge in [-0.1, -0.05) is 19.1 Å². The second kappa shape index (κ2) is 8.61. The van der Waals surface area contributed by atoms with Crippen LogP contribution in [0.4, 0.5) is 14.5 Å². The summed E-state index contributed by atoms with van der Waals surface area (Å²) >= 11 is 1.03. The van der Waals surface area contributed by atoms with E-state index in [1.807, 2.05) is 18.2 Å². The molecule has 11 heteroatoms. The number of nitrogens with zero attached hydrogens (tertiary/aromatic N) is 4. The Labute approximate surface area is 206 Å². The van der Waals surface area contributed by atoms with E-state index in [4.69, 9.17) is 0 Å². The van der Waals surface area contributed by atoms with E-state index in [1.165, 1.54) is 24.7 Å². The molecule has 8 nitrogen and oxygen atoms in total. The maximum Gasteiger partial charge on any atom is 0.224 e. The van der Waals surface area contributed by atoms with Gasteiger partial charge in [0, 0.05) is 28.6 Å². The lowest BCUT2D eigenvalue weighted by Gasteiger charge is -2.07. The highest BCUT2D eigenvalue weighted by Crippen LogP contribution is 2.36. The predicted molar refractivity (Wildman–Crippen MR) is 134 cm³/mol. The molecule has 0 saturated heterocycles. The van der Waals surface area contributed by atoms with Crippen LogP contribution in [0, 0.1) is 10.9 Å². The summed E-state index contributed by atoms with van der Waals surface area (Å²) in [4.78, 5) is 28.8. The Bertz CT molecular complexity index is 1770. The molecule has 36 heavy (non-hydrogen) atoms. The van der Waals surface area contributed by atoms with Crippen molar-refractivity contribution in [2.24, 2.45) is 0 Å². The highest BCUT2D eigenvalue weighted by molar-refractivity contribution is 7.14. The number of rotatable bonds is 5.